The van der Waals surface area contributed by atoms with Crippen molar-refractivity contribution in [3.8, 4) is 11.5 Å². The summed E-state index contributed by atoms with van der Waals surface area (Å²) in [4.78, 5) is 61.1. The van der Waals surface area contributed by atoms with Gasteiger partial charge in [0.25, 0.3) is 5.56 Å². The number of benzene rings is 3. The van der Waals surface area contributed by atoms with E-state index in [1.54, 1.807) is 66.2 Å². The van der Waals surface area contributed by atoms with Crippen LogP contribution in [-0.4, -0.2) is 86.1 Å². The number of aromatic nitrogens is 2. The van der Waals surface area contributed by atoms with Crippen LogP contribution in [0.15, 0.2) is 71.5 Å². The van der Waals surface area contributed by atoms with E-state index in [0.29, 0.717) is 33.8 Å². The van der Waals surface area contributed by atoms with Crippen molar-refractivity contribution >= 4 is 40.3 Å². The Morgan fingerprint density at radius 3 is 2.29 bits per heavy atom. The predicted molar refractivity (Wildman–Crippen MR) is 186 cm³/mol. The lowest BCUT2D eigenvalue weighted by atomic mass is 10.1. The van der Waals surface area contributed by atoms with Gasteiger partial charge >= 0.3 is 12.1 Å². The maximum absolute atomic E-state index is 14.2. The Morgan fingerprint density at radius 2 is 1.63 bits per heavy atom. The fourth-order valence-corrected chi connectivity index (χ4v) is 5.68. The van der Waals surface area contributed by atoms with Gasteiger partial charge in [-0.3, -0.25) is 14.5 Å². The van der Waals surface area contributed by atoms with Crippen LogP contribution in [0.5, 0.6) is 11.5 Å². The second-order valence-electron chi connectivity index (χ2n) is 11.3. The van der Waals surface area contributed by atoms with Crippen molar-refractivity contribution in [2.24, 2.45) is 0 Å². The number of hydrogen-bond donors (Lipinski definition) is 2. The van der Waals surface area contributed by atoms with Gasteiger partial charge in [-0.05, 0) is 62.4 Å². The number of urea groups is 1. The molecule has 1 unspecified atom stereocenters. The Balaban J connectivity index is 0.00000351. The fourth-order valence-electron chi connectivity index (χ4n) is 5.68. The van der Waals surface area contributed by atoms with Crippen LogP contribution in [-0.2, 0) is 9.53 Å². The summed E-state index contributed by atoms with van der Waals surface area (Å²) < 4.78 is 30.8. The van der Waals surface area contributed by atoms with Gasteiger partial charge in [-0.25, -0.2) is 23.6 Å². The highest BCUT2D eigenvalue weighted by Gasteiger charge is 2.33. The molecule has 49 heavy (non-hydrogen) atoms. The van der Waals surface area contributed by atoms with Crippen LogP contribution >= 0.6 is 0 Å². The summed E-state index contributed by atoms with van der Waals surface area (Å²) in [5.41, 5.74) is 0.778. The van der Waals surface area contributed by atoms with Crippen LogP contribution in [0.25, 0.3) is 10.9 Å². The van der Waals surface area contributed by atoms with Crippen molar-refractivity contribution in [3.63, 3.8) is 0 Å². The molecule has 1 aromatic heterocycles. The first-order valence-electron chi connectivity index (χ1n) is 15.5. The highest BCUT2D eigenvalue weighted by atomic mass is 19.1. The quantitative estimate of drug-likeness (QED) is 0.263. The smallest absolute Gasteiger partial charge is 0.407 e. The fraction of sp³-hybridized carbons (Fsp3) is 0.324. The summed E-state index contributed by atoms with van der Waals surface area (Å²) in [6.45, 7) is 4.32. The number of fused-ring (bicyclic) bond motifs is 1. The monoisotopic (exact) mass is 679 g/mol. The Morgan fingerprint density at radius 1 is 0.939 bits per heavy atom. The van der Waals surface area contributed by atoms with Gasteiger partial charge in [0, 0.05) is 27.7 Å². The normalized spacial score (nSPS) is 14.1. The molecule has 2 N–H and O–H groups in total. The van der Waals surface area contributed by atoms with Crippen molar-refractivity contribution in [1.29, 1.82) is 0 Å². The van der Waals surface area contributed by atoms with Crippen LogP contribution in [0.1, 0.15) is 28.6 Å². The summed E-state index contributed by atoms with van der Waals surface area (Å²) in [6.07, 6.45) is -0.714. The van der Waals surface area contributed by atoms with Crippen molar-refractivity contribution in [2.45, 2.75) is 25.9 Å². The number of halogens is 1. The number of piperazine rings is 1. The van der Waals surface area contributed by atoms with Gasteiger partial charge in [-0.15, -0.1) is 0 Å². The molecule has 1 aliphatic rings. The molecule has 1 aliphatic heterocycles. The van der Waals surface area contributed by atoms with E-state index in [4.69, 9.17) is 14.5 Å². The summed E-state index contributed by atoms with van der Waals surface area (Å²) in [7, 11) is 4.19. The van der Waals surface area contributed by atoms with Gasteiger partial charge < -0.3 is 34.8 Å². The molecule has 4 amide bonds. The lowest BCUT2D eigenvalue weighted by Crippen LogP contribution is -2.59. The van der Waals surface area contributed by atoms with E-state index in [1.165, 1.54) is 55.2 Å². The third-order valence-corrected chi connectivity index (χ3v) is 8.24. The molecule has 1 saturated heterocycles. The average molecular weight is 680 g/mol. The minimum atomic E-state index is -0.885. The number of carbonyl (C=O) groups is 3. The highest BCUT2D eigenvalue weighted by molar-refractivity contribution is 6.03. The van der Waals surface area contributed by atoms with Crippen molar-refractivity contribution in [2.75, 3.05) is 62.7 Å². The second-order valence-corrected chi connectivity index (χ2v) is 11.3. The van der Waals surface area contributed by atoms with Crippen LogP contribution in [0.4, 0.5) is 25.4 Å². The first kappa shape index (κ1) is 34.5. The summed E-state index contributed by atoms with van der Waals surface area (Å²) in [5.74, 6) is 0.308. The van der Waals surface area contributed by atoms with Crippen LogP contribution in [0, 0.1) is 5.82 Å². The molecule has 0 radical (unpaired) electrons. The molecule has 5 rings (SSSR count). The second kappa shape index (κ2) is 14.9. The molecule has 2 atom stereocenters. The average Bonchev–Trinajstić information content (AvgIpc) is 3.12. The minimum Gasteiger partial charge on any atom is -0.497 e. The predicted octanol–water partition coefficient (Wildman–Crippen LogP) is 4.37. The highest BCUT2D eigenvalue weighted by Crippen LogP contribution is 2.37. The zero-order chi connectivity index (χ0) is 35.2. The van der Waals surface area contributed by atoms with E-state index in [9.17, 15) is 23.6 Å². The van der Waals surface area contributed by atoms with Crippen LogP contribution < -0.4 is 35.6 Å². The van der Waals surface area contributed by atoms with Gasteiger partial charge in [0.2, 0.25) is 5.91 Å². The SMILES string of the molecule is COC(=O)N[C@H](C)C(=O)N1CCN(n2c(C(C)N(C(=O)Nc3ccc(F)cc3)c3ccc(OC)cc3OC)nc3ccccc3c2=O)CC1.[HH].[HH]. The number of para-hydroxylation sites is 1. The van der Waals surface area contributed by atoms with E-state index in [0.717, 1.165) is 0 Å². The van der Waals surface area contributed by atoms with E-state index < -0.39 is 30.0 Å². The molecule has 15 heteroatoms. The molecule has 0 aliphatic carbocycles. The topological polar surface area (TPSA) is 148 Å². The number of methoxy groups -OCH3 is 3. The molecule has 262 valence electrons. The summed E-state index contributed by atoms with van der Waals surface area (Å²) >= 11 is 0. The van der Waals surface area contributed by atoms with E-state index in [1.807, 2.05) is 0 Å². The Labute approximate surface area is 284 Å². The lowest BCUT2D eigenvalue weighted by molar-refractivity contribution is -0.133. The molecule has 3 aromatic carbocycles. The van der Waals surface area contributed by atoms with Gasteiger partial charge in [0.15, 0.2) is 5.82 Å². The molecule has 1 fully saturated rings. The third kappa shape index (κ3) is 7.35. The number of hydrogen-bond acceptors (Lipinski definition) is 9. The molecule has 14 nitrogen and oxygen atoms in total. The molecule has 0 saturated carbocycles. The first-order valence-corrected chi connectivity index (χ1v) is 15.5. The van der Waals surface area contributed by atoms with Gasteiger partial charge in [0.05, 0.1) is 57.1 Å². The van der Waals surface area contributed by atoms with Gasteiger partial charge in [-0.2, -0.15) is 0 Å². The first-order chi connectivity index (χ1) is 23.6. The van der Waals surface area contributed by atoms with Gasteiger partial charge in [0.1, 0.15) is 23.4 Å². The maximum atomic E-state index is 14.2. The van der Waals surface area contributed by atoms with Crippen molar-refractivity contribution in [1.82, 2.24) is 19.9 Å². The molecular weight excluding hydrogens is 637 g/mol. The standard InChI is InChI=1S/C34H38FN7O7.2H2/c1-21(36-34(46)49-5)31(43)39-16-18-40(19-17-39)42-30(38-27-9-7-6-8-26(27)32(42)44)22(2)41(28-15-14-25(47-3)20-29(28)48-4)33(45)37-24-12-10-23(35)11-13-24;;/h6-15,20-22H,16-19H2,1-5H3,(H,36,46)(H,37,45);2*1H/t21-,22?;;/m1../s1. The molecular formula is C34H42FN7O7. The maximum Gasteiger partial charge on any atom is 0.407 e. The number of alkyl carbamates (subject to hydrolysis) is 1. The van der Waals surface area contributed by atoms with E-state index in [2.05, 4.69) is 15.4 Å². The molecule has 0 bridgehead atoms. The number of amides is 4. The third-order valence-electron chi connectivity index (χ3n) is 8.24. The summed E-state index contributed by atoms with van der Waals surface area (Å²) in [6, 6.07) is 14.9. The number of anilines is 2. The molecule has 2 heterocycles. The van der Waals surface area contributed by atoms with Crippen LogP contribution in [0.2, 0.25) is 0 Å². The molecule has 0 spiro atoms. The summed E-state index contributed by atoms with van der Waals surface area (Å²) in [5, 5.41) is 7.47. The van der Waals surface area contributed by atoms with Crippen molar-refractivity contribution < 1.29 is 35.8 Å². The van der Waals surface area contributed by atoms with E-state index >= 15 is 0 Å². The number of nitrogens with one attached hydrogen (secondary N) is 2. The Bertz CT molecular complexity index is 1910. The zero-order valence-electron chi connectivity index (χ0n) is 27.8. The van der Waals surface area contributed by atoms with E-state index in [-0.39, 0.29) is 46.3 Å². The number of carbonyl (C=O) groups excluding carboxylic acids is 3. The number of rotatable bonds is 9. The Kier molecular flexibility index (Phi) is 10.5. The zero-order valence-corrected chi connectivity index (χ0v) is 27.8. The minimum absolute atomic E-state index is 0. The number of nitrogens with zero attached hydrogens (tertiary/aromatic N) is 5. The lowest BCUT2D eigenvalue weighted by Gasteiger charge is -2.39. The van der Waals surface area contributed by atoms with Crippen LogP contribution in [0.3, 0.4) is 0 Å². The van der Waals surface area contributed by atoms with Crippen molar-refractivity contribution in [3.05, 3.63) is 88.7 Å². The Hall–Kier alpha value is -5.86. The number of ether oxygens (including phenoxy) is 3. The molecule has 4 aromatic rings. The van der Waals surface area contributed by atoms with Gasteiger partial charge in [-0.1, -0.05) is 12.1 Å². The largest absolute Gasteiger partial charge is 0.497 e.